The number of methoxy groups -OCH3 is 3. The van der Waals surface area contributed by atoms with Gasteiger partial charge in [-0.2, -0.15) is 5.26 Å². The Kier molecular flexibility index (Phi) is 6.30. The van der Waals surface area contributed by atoms with Crippen molar-refractivity contribution >= 4 is 5.57 Å². The highest BCUT2D eigenvalue weighted by molar-refractivity contribution is 5.82. The molecule has 0 fully saturated rings. The standard InChI is InChI=1S/C20H21NO4/c1-23-16-10-15(11-17(13-16)24-2)18(6-4-5-9-21)14-7-8-19(22)20(12-14)25-3/h6-8,10-13,22H,4-5H2,1-3H3/b18-6+. The fourth-order valence-electron chi connectivity index (χ4n) is 2.49. The Balaban J connectivity index is 2.57. The third-order valence-corrected chi connectivity index (χ3v) is 3.76. The number of nitrogens with zero attached hydrogens (tertiary/aromatic N) is 1. The van der Waals surface area contributed by atoms with Crippen molar-refractivity contribution in [2.75, 3.05) is 21.3 Å². The van der Waals surface area contributed by atoms with Crippen LogP contribution in [0.4, 0.5) is 0 Å². The van der Waals surface area contributed by atoms with Crippen LogP contribution in [0.3, 0.4) is 0 Å². The average molecular weight is 339 g/mol. The van der Waals surface area contributed by atoms with Crippen LogP contribution in [0, 0.1) is 11.3 Å². The Morgan fingerprint density at radius 1 is 1.00 bits per heavy atom. The fraction of sp³-hybridized carbons (Fsp3) is 0.250. The first kappa shape index (κ1) is 18.2. The molecule has 0 unspecified atom stereocenters. The van der Waals surface area contributed by atoms with E-state index >= 15 is 0 Å². The number of allylic oxidation sites excluding steroid dienone is 1. The molecule has 0 aliphatic rings. The Labute approximate surface area is 147 Å². The molecule has 0 aromatic heterocycles. The Hall–Kier alpha value is -3.13. The summed E-state index contributed by atoms with van der Waals surface area (Å²) >= 11 is 0. The van der Waals surface area contributed by atoms with Crippen LogP contribution in [-0.2, 0) is 0 Å². The molecule has 0 amide bonds. The SMILES string of the molecule is COc1cc(OC)cc(/C(=C/CCC#N)c2ccc(O)c(OC)c2)c1. The minimum absolute atomic E-state index is 0.0749. The number of phenols is 1. The van der Waals surface area contributed by atoms with E-state index in [0.29, 0.717) is 30.1 Å². The van der Waals surface area contributed by atoms with E-state index in [1.807, 2.05) is 24.3 Å². The molecule has 0 saturated heterocycles. The Bertz CT molecular complexity index is 784. The van der Waals surface area contributed by atoms with Crippen LogP contribution in [0.2, 0.25) is 0 Å². The first-order valence-electron chi connectivity index (χ1n) is 7.80. The first-order valence-corrected chi connectivity index (χ1v) is 7.80. The molecule has 1 N–H and O–H groups in total. The maximum atomic E-state index is 9.84. The lowest BCUT2D eigenvalue weighted by Gasteiger charge is -2.14. The third kappa shape index (κ3) is 4.45. The molecule has 0 aliphatic carbocycles. The van der Waals surface area contributed by atoms with Crippen LogP contribution >= 0.6 is 0 Å². The molecule has 0 radical (unpaired) electrons. The van der Waals surface area contributed by atoms with Gasteiger partial charge in [0.15, 0.2) is 11.5 Å². The second kappa shape index (κ2) is 8.65. The zero-order chi connectivity index (χ0) is 18.2. The number of rotatable bonds is 7. The number of hydrogen-bond donors (Lipinski definition) is 1. The molecule has 0 spiro atoms. The van der Waals surface area contributed by atoms with Crippen molar-refractivity contribution in [3.05, 3.63) is 53.6 Å². The van der Waals surface area contributed by atoms with Gasteiger partial charge in [-0.15, -0.1) is 0 Å². The Morgan fingerprint density at radius 3 is 2.24 bits per heavy atom. The largest absolute Gasteiger partial charge is 0.504 e. The summed E-state index contributed by atoms with van der Waals surface area (Å²) in [4.78, 5) is 0. The van der Waals surface area contributed by atoms with Gasteiger partial charge in [0.05, 0.1) is 27.4 Å². The maximum Gasteiger partial charge on any atom is 0.161 e. The van der Waals surface area contributed by atoms with Crippen LogP contribution in [0.1, 0.15) is 24.0 Å². The van der Waals surface area contributed by atoms with E-state index in [1.54, 1.807) is 32.4 Å². The number of hydrogen-bond acceptors (Lipinski definition) is 5. The summed E-state index contributed by atoms with van der Waals surface area (Å²) in [6.07, 6.45) is 3.01. The molecule has 2 aromatic rings. The number of aromatic hydroxyl groups is 1. The second-order valence-electron chi connectivity index (χ2n) is 5.30. The smallest absolute Gasteiger partial charge is 0.161 e. The molecule has 2 aromatic carbocycles. The van der Waals surface area contributed by atoms with Gasteiger partial charge in [-0.05, 0) is 47.4 Å². The highest BCUT2D eigenvalue weighted by atomic mass is 16.5. The topological polar surface area (TPSA) is 71.7 Å². The molecule has 25 heavy (non-hydrogen) atoms. The molecule has 0 aliphatic heterocycles. The van der Waals surface area contributed by atoms with Gasteiger partial charge in [0, 0.05) is 12.5 Å². The number of nitriles is 1. The zero-order valence-corrected chi connectivity index (χ0v) is 14.6. The van der Waals surface area contributed by atoms with Crippen molar-refractivity contribution in [3.8, 4) is 29.1 Å². The summed E-state index contributed by atoms with van der Waals surface area (Å²) in [5, 5.41) is 18.7. The van der Waals surface area contributed by atoms with Crippen LogP contribution in [0.15, 0.2) is 42.5 Å². The zero-order valence-electron chi connectivity index (χ0n) is 14.6. The van der Waals surface area contributed by atoms with Crippen LogP contribution in [0.25, 0.3) is 5.57 Å². The lowest BCUT2D eigenvalue weighted by atomic mass is 9.95. The number of benzene rings is 2. The first-order chi connectivity index (χ1) is 12.1. The second-order valence-corrected chi connectivity index (χ2v) is 5.30. The van der Waals surface area contributed by atoms with Crippen LogP contribution in [-0.4, -0.2) is 26.4 Å². The summed E-state index contributed by atoms with van der Waals surface area (Å²) in [6, 6.07) is 12.9. The molecular weight excluding hydrogens is 318 g/mol. The van der Waals surface area contributed by atoms with Gasteiger partial charge < -0.3 is 19.3 Å². The fourth-order valence-corrected chi connectivity index (χ4v) is 2.49. The van der Waals surface area contributed by atoms with Gasteiger partial charge in [0.2, 0.25) is 0 Å². The molecular formula is C20H21NO4. The lowest BCUT2D eigenvalue weighted by Crippen LogP contribution is -1.94. The van der Waals surface area contributed by atoms with E-state index in [-0.39, 0.29) is 5.75 Å². The molecule has 0 bridgehead atoms. The van der Waals surface area contributed by atoms with E-state index in [9.17, 15) is 5.11 Å². The number of unbranched alkanes of at least 4 members (excludes halogenated alkanes) is 1. The third-order valence-electron chi connectivity index (χ3n) is 3.76. The van der Waals surface area contributed by atoms with Gasteiger partial charge in [0.25, 0.3) is 0 Å². The van der Waals surface area contributed by atoms with Crippen molar-refractivity contribution in [1.29, 1.82) is 5.26 Å². The summed E-state index contributed by atoms with van der Waals surface area (Å²) in [5.74, 6) is 1.81. The average Bonchev–Trinajstić information content (AvgIpc) is 2.65. The summed E-state index contributed by atoms with van der Waals surface area (Å²) in [6.45, 7) is 0. The van der Waals surface area contributed by atoms with Gasteiger partial charge >= 0.3 is 0 Å². The quantitative estimate of drug-likeness (QED) is 0.767. The maximum absolute atomic E-state index is 9.84. The number of phenolic OH excluding ortho intramolecular Hbond substituents is 1. The predicted molar refractivity (Wildman–Crippen MR) is 96.1 cm³/mol. The van der Waals surface area contributed by atoms with Crippen molar-refractivity contribution in [2.45, 2.75) is 12.8 Å². The summed E-state index contributed by atoms with van der Waals surface area (Å²) < 4.78 is 15.9. The molecule has 130 valence electrons. The lowest BCUT2D eigenvalue weighted by molar-refractivity contribution is 0.373. The van der Waals surface area contributed by atoms with E-state index in [1.165, 1.54) is 7.11 Å². The molecule has 5 nitrogen and oxygen atoms in total. The normalized spacial score (nSPS) is 10.9. The predicted octanol–water partition coefficient (Wildman–Crippen LogP) is 4.15. The molecule has 0 atom stereocenters. The number of ether oxygens (including phenoxy) is 3. The van der Waals surface area contributed by atoms with E-state index in [4.69, 9.17) is 19.5 Å². The highest BCUT2D eigenvalue weighted by Gasteiger charge is 2.12. The van der Waals surface area contributed by atoms with E-state index in [0.717, 1.165) is 16.7 Å². The highest BCUT2D eigenvalue weighted by Crippen LogP contribution is 2.35. The van der Waals surface area contributed by atoms with Gasteiger partial charge in [0.1, 0.15) is 11.5 Å². The molecule has 2 rings (SSSR count). The van der Waals surface area contributed by atoms with E-state index < -0.39 is 0 Å². The van der Waals surface area contributed by atoms with Gasteiger partial charge in [-0.3, -0.25) is 0 Å². The minimum Gasteiger partial charge on any atom is -0.504 e. The summed E-state index contributed by atoms with van der Waals surface area (Å²) in [5.41, 5.74) is 2.66. The Morgan fingerprint density at radius 2 is 1.68 bits per heavy atom. The van der Waals surface area contributed by atoms with E-state index in [2.05, 4.69) is 6.07 Å². The van der Waals surface area contributed by atoms with Crippen molar-refractivity contribution < 1.29 is 19.3 Å². The molecule has 5 heteroatoms. The summed E-state index contributed by atoms with van der Waals surface area (Å²) in [7, 11) is 4.70. The minimum atomic E-state index is 0.0749. The molecule has 0 saturated carbocycles. The van der Waals surface area contributed by atoms with Gasteiger partial charge in [-0.1, -0.05) is 12.1 Å². The van der Waals surface area contributed by atoms with Crippen molar-refractivity contribution in [3.63, 3.8) is 0 Å². The van der Waals surface area contributed by atoms with Crippen molar-refractivity contribution in [1.82, 2.24) is 0 Å². The van der Waals surface area contributed by atoms with Gasteiger partial charge in [-0.25, -0.2) is 0 Å². The monoisotopic (exact) mass is 339 g/mol. The van der Waals surface area contributed by atoms with Crippen LogP contribution in [0.5, 0.6) is 23.0 Å². The van der Waals surface area contributed by atoms with Crippen molar-refractivity contribution in [2.24, 2.45) is 0 Å². The van der Waals surface area contributed by atoms with Crippen LogP contribution < -0.4 is 14.2 Å². The molecule has 0 heterocycles.